The van der Waals surface area contributed by atoms with Crippen molar-refractivity contribution in [2.45, 2.75) is 19.3 Å². The summed E-state index contributed by atoms with van der Waals surface area (Å²) in [6.45, 7) is 2.26. The van der Waals surface area contributed by atoms with Crippen LogP contribution in [0.4, 0.5) is 4.39 Å². The Hall–Kier alpha value is -4.07. The standard InChI is InChI=1S/C29H27FN4O3/c30-25-11-10-18(13-26-22-8-4-5-9-23(22)27(35)32-31-26)12-24(25)29(37)34-16-20-14-33(15-21(20)17-34)28(36)19-6-2-1-3-7-19/h2,4-12,20-21H,1,3,13-17H2,(H,32,35). The van der Waals surface area contributed by atoms with Crippen LogP contribution in [0.2, 0.25) is 0 Å². The van der Waals surface area contributed by atoms with E-state index in [0.717, 1.165) is 29.4 Å². The molecule has 2 amide bonds. The number of aromatic amines is 1. The largest absolute Gasteiger partial charge is 0.338 e. The average Bonchev–Trinajstić information content (AvgIpc) is 3.51. The minimum absolute atomic E-state index is 0.0386. The van der Waals surface area contributed by atoms with Crippen LogP contribution in [0.3, 0.4) is 0 Å². The molecule has 2 fully saturated rings. The lowest BCUT2D eigenvalue weighted by atomic mass is 10.0. The van der Waals surface area contributed by atoms with Gasteiger partial charge in [0.15, 0.2) is 0 Å². The molecule has 1 N–H and O–H groups in total. The number of H-pyrrole nitrogens is 1. The van der Waals surface area contributed by atoms with Gasteiger partial charge in [0.05, 0.1) is 16.6 Å². The molecule has 1 aromatic heterocycles. The second kappa shape index (κ2) is 9.42. The molecule has 188 valence electrons. The number of halogens is 1. The van der Waals surface area contributed by atoms with Gasteiger partial charge in [0.1, 0.15) is 5.82 Å². The molecule has 0 radical (unpaired) electrons. The molecule has 2 unspecified atom stereocenters. The number of amides is 2. The van der Waals surface area contributed by atoms with E-state index in [2.05, 4.69) is 10.2 Å². The number of fused-ring (bicyclic) bond motifs is 2. The van der Waals surface area contributed by atoms with Crippen molar-refractivity contribution in [2.24, 2.45) is 11.8 Å². The number of carbonyl (C=O) groups excluding carboxylic acids is 2. The fourth-order valence-corrected chi connectivity index (χ4v) is 5.80. The molecule has 3 aromatic rings. The summed E-state index contributed by atoms with van der Waals surface area (Å²) >= 11 is 0. The first kappa shape index (κ1) is 23.3. The van der Waals surface area contributed by atoms with Crippen LogP contribution >= 0.6 is 0 Å². The lowest BCUT2D eigenvalue weighted by Crippen LogP contribution is -2.36. The summed E-state index contributed by atoms with van der Waals surface area (Å²) in [4.78, 5) is 41.9. The van der Waals surface area contributed by atoms with E-state index < -0.39 is 5.82 Å². The molecule has 7 nitrogen and oxygen atoms in total. The number of hydrogen-bond donors (Lipinski definition) is 1. The van der Waals surface area contributed by atoms with Gasteiger partial charge in [-0.25, -0.2) is 9.49 Å². The average molecular weight is 499 g/mol. The van der Waals surface area contributed by atoms with Crippen LogP contribution in [0.25, 0.3) is 10.8 Å². The molecule has 6 rings (SSSR count). The van der Waals surface area contributed by atoms with Crippen LogP contribution in [0, 0.1) is 17.7 Å². The highest BCUT2D eigenvalue weighted by Crippen LogP contribution is 2.33. The second-order valence-electron chi connectivity index (χ2n) is 10.1. The molecule has 2 atom stereocenters. The summed E-state index contributed by atoms with van der Waals surface area (Å²) in [5.41, 5.74) is 1.92. The van der Waals surface area contributed by atoms with Crippen molar-refractivity contribution in [3.05, 3.63) is 99.3 Å². The fraction of sp³-hybridized carbons (Fsp3) is 0.310. The van der Waals surface area contributed by atoms with Gasteiger partial charge in [-0.15, -0.1) is 0 Å². The molecule has 3 heterocycles. The zero-order valence-electron chi connectivity index (χ0n) is 20.3. The Bertz CT molecular complexity index is 1510. The normalized spacial score (nSPS) is 20.8. The summed E-state index contributed by atoms with van der Waals surface area (Å²) in [6.07, 6.45) is 8.13. The summed E-state index contributed by atoms with van der Waals surface area (Å²) in [7, 11) is 0. The van der Waals surface area contributed by atoms with Gasteiger partial charge in [-0.3, -0.25) is 14.4 Å². The summed E-state index contributed by atoms with van der Waals surface area (Å²) in [6, 6.07) is 11.8. The third kappa shape index (κ3) is 4.37. The fourth-order valence-electron chi connectivity index (χ4n) is 5.80. The van der Waals surface area contributed by atoms with Crippen LogP contribution in [0.5, 0.6) is 0 Å². The van der Waals surface area contributed by atoms with Crippen LogP contribution in [-0.4, -0.2) is 58.0 Å². The summed E-state index contributed by atoms with van der Waals surface area (Å²) in [5, 5.41) is 7.99. The minimum Gasteiger partial charge on any atom is -0.338 e. The minimum atomic E-state index is -0.557. The molecule has 2 aliphatic heterocycles. The number of rotatable bonds is 4. The Labute approximate surface area is 213 Å². The lowest BCUT2D eigenvalue weighted by molar-refractivity contribution is -0.126. The van der Waals surface area contributed by atoms with Gasteiger partial charge in [-0.2, -0.15) is 5.10 Å². The number of allylic oxidation sites excluding steroid dienone is 2. The molecule has 37 heavy (non-hydrogen) atoms. The lowest BCUT2D eigenvalue weighted by Gasteiger charge is -2.23. The number of nitrogens with zero attached hydrogens (tertiary/aromatic N) is 3. The van der Waals surface area contributed by atoms with Crippen molar-refractivity contribution in [1.82, 2.24) is 20.0 Å². The Morgan fingerprint density at radius 2 is 1.65 bits per heavy atom. The molecule has 8 heteroatoms. The van der Waals surface area contributed by atoms with Crippen LogP contribution in [0.1, 0.15) is 34.5 Å². The maximum Gasteiger partial charge on any atom is 0.272 e. The summed E-state index contributed by atoms with van der Waals surface area (Å²) in [5.74, 6) is -0.430. The van der Waals surface area contributed by atoms with E-state index in [-0.39, 0.29) is 34.8 Å². The van der Waals surface area contributed by atoms with Gasteiger partial charge < -0.3 is 9.80 Å². The van der Waals surface area contributed by atoms with Gasteiger partial charge >= 0.3 is 0 Å². The molecule has 2 saturated heterocycles. The van der Waals surface area contributed by atoms with Crippen molar-refractivity contribution in [1.29, 1.82) is 0 Å². The number of likely N-dealkylation sites (tertiary alicyclic amines) is 2. The van der Waals surface area contributed by atoms with Crippen LogP contribution < -0.4 is 5.56 Å². The second-order valence-corrected chi connectivity index (χ2v) is 10.1. The number of nitrogens with one attached hydrogen (secondary N) is 1. The van der Waals surface area contributed by atoms with Gasteiger partial charge in [0, 0.05) is 55.4 Å². The van der Waals surface area contributed by atoms with Crippen molar-refractivity contribution in [3.63, 3.8) is 0 Å². The Morgan fingerprint density at radius 1 is 0.946 bits per heavy atom. The maximum atomic E-state index is 14.8. The number of carbonyl (C=O) groups is 2. The SMILES string of the molecule is O=C(C1=CCCC=C1)N1CC2CN(C(=O)c3cc(Cc4n[nH]c(=O)c5ccccc45)ccc3F)CC2C1. The van der Waals surface area contributed by atoms with Crippen LogP contribution in [0.15, 0.2) is 71.1 Å². The summed E-state index contributed by atoms with van der Waals surface area (Å²) < 4.78 is 14.8. The topological polar surface area (TPSA) is 86.4 Å². The first-order chi connectivity index (χ1) is 18.0. The number of hydrogen-bond acceptors (Lipinski definition) is 4. The molecule has 2 aromatic carbocycles. The Kier molecular flexibility index (Phi) is 5.94. The zero-order valence-corrected chi connectivity index (χ0v) is 20.3. The van der Waals surface area contributed by atoms with Crippen molar-refractivity contribution in [3.8, 4) is 0 Å². The first-order valence-electron chi connectivity index (χ1n) is 12.7. The van der Waals surface area contributed by atoms with Crippen molar-refractivity contribution in [2.75, 3.05) is 26.2 Å². The molecular weight excluding hydrogens is 471 g/mol. The molecule has 3 aliphatic rings. The van der Waals surface area contributed by atoms with E-state index in [9.17, 15) is 18.8 Å². The van der Waals surface area contributed by atoms with E-state index >= 15 is 0 Å². The van der Waals surface area contributed by atoms with Gasteiger partial charge in [-0.05, 0) is 36.6 Å². The quantitative estimate of drug-likeness (QED) is 0.597. The highest BCUT2D eigenvalue weighted by molar-refractivity contribution is 5.97. The van der Waals surface area contributed by atoms with E-state index in [1.807, 2.05) is 35.3 Å². The van der Waals surface area contributed by atoms with Crippen molar-refractivity contribution < 1.29 is 14.0 Å². The third-order valence-corrected chi connectivity index (χ3v) is 7.71. The molecule has 0 bridgehead atoms. The smallest absolute Gasteiger partial charge is 0.272 e. The van der Waals surface area contributed by atoms with Crippen molar-refractivity contribution >= 4 is 22.6 Å². The molecule has 0 spiro atoms. The zero-order chi connectivity index (χ0) is 25.5. The van der Waals surface area contributed by atoms with E-state index in [1.54, 1.807) is 29.2 Å². The van der Waals surface area contributed by atoms with E-state index in [1.165, 1.54) is 6.07 Å². The molecule has 0 saturated carbocycles. The first-order valence-corrected chi connectivity index (χ1v) is 12.7. The maximum absolute atomic E-state index is 14.8. The predicted octanol–water partition coefficient (Wildman–Crippen LogP) is 3.46. The Morgan fingerprint density at radius 3 is 2.35 bits per heavy atom. The molecule has 1 aliphatic carbocycles. The highest BCUT2D eigenvalue weighted by atomic mass is 19.1. The van der Waals surface area contributed by atoms with Crippen LogP contribution in [-0.2, 0) is 11.2 Å². The van der Waals surface area contributed by atoms with E-state index in [0.29, 0.717) is 43.7 Å². The monoisotopic (exact) mass is 498 g/mol. The van der Waals surface area contributed by atoms with E-state index in [4.69, 9.17) is 0 Å². The third-order valence-electron chi connectivity index (χ3n) is 7.71. The number of benzene rings is 2. The molecular formula is C29H27FN4O3. The van der Waals surface area contributed by atoms with Gasteiger partial charge in [0.25, 0.3) is 17.4 Å². The van der Waals surface area contributed by atoms with Gasteiger partial charge in [0.2, 0.25) is 0 Å². The number of aromatic nitrogens is 2. The predicted molar refractivity (Wildman–Crippen MR) is 137 cm³/mol. The Balaban J connectivity index is 1.16. The van der Waals surface area contributed by atoms with Gasteiger partial charge in [-0.1, -0.05) is 42.5 Å². The highest BCUT2D eigenvalue weighted by Gasteiger charge is 2.43.